The summed E-state index contributed by atoms with van der Waals surface area (Å²) in [5.74, 6) is -0.393. The summed E-state index contributed by atoms with van der Waals surface area (Å²) in [6, 6.07) is 0. The average molecular weight is 956 g/mol. The van der Waals surface area contributed by atoms with E-state index in [-0.39, 0.29) is 25.2 Å². The summed E-state index contributed by atoms with van der Waals surface area (Å²) in [7, 11) is 0. The number of carbonyl (C=O) groups is 2. The van der Waals surface area contributed by atoms with Crippen molar-refractivity contribution in [2.45, 2.75) is 335 Å². The number of carbonyl (C=O) groups excluding carboxylic acids is 2. The van der Waals surface area contributed by atoms with E-state index < -0.39 is 6.10 Å². The molecule has 400 valence electrons. The number of rotatable bonds is 57. The molecule has 5 heteroatoms. The minimum atomic E-state index is -0.540. The van der Waals surface area contributed by atoms with Gasteiger partial charge in [0.15, 0.2) is 6.10 Å². The Kier molecular flexibility index (Phi) is 57.8. The summed E-state index contributed by atoms with van der Waals surface area (Å²) in [6.07, 6.45) is 73.2. The van der Waals surface area contributed by atoms with Crippen molar-refractivity contribution in [2.24, 2.45) is 0 Å². The van der Waals surface area contributed by atoms with Crippen LogP contribution in [0.5, 0.6) is 0 Å². The van der Waals surface area contributed by atoms with Gasteiger partial charge in [0.25, 0.3) is 0 Å². The highest BCUT2D eigenvalue weighted by molar-refractivity contribution is 5.70. The van der Waals surface area contributed by atoms with Crippen LogP contribution < -0.4 is 0 Å². The van der Waals surface area contributed by atoms with E-state index in [2.05, 4.69) is 57.2 Å². The van der Waals surface area contributed by atoms with Crippen molar-refractivity contribution < 1.29 is 23.8 Å². The Morgan fingerprint density at radius 1 is 0.338 bits per heavy atom. The second kappa shape index (κ2) is 59.4. The molecule has 0 N–H and O–H groups in total. The van der Waals surface area contributed by atoms with Crippen molar-refractivity contribution in [3.8, 4) is 0 Å². The van der Waals surface area contributed by atoms with Crippen LogP contribution in [0.3, 0.4) is 0 Å². The van der Waals surface area contributed by atoms with Crippen LogP contribution in [0.2, 0.25) is 0 Å². The highest BCUT2D eigenvalue weighted by atomic mass is 16.6. The van der Waals surface area contributed by atoms with Crippen LogP contribution in [0, 0.1) is 0 Å². The van der Waals surface area contributed by atoms with Gasteiger partial charge in [0.05, 0.1) is 6.61 Å². The van der Waals surface area contributed by atoms with Gasteiger partial charge in [-0.1, -0.05) is 301 Å². The lowest BCUT2D eigenvalue weighted by Gasteiger charge is -2.18. The lowest BCUT2D eigenvalue weighted by Crippen LogP contribution is -2.30. The first-order chi connectivity index (χ1) is 33.6. The molecule has 0 heterocycles. The first kappa shape index (κ1) is 66.1. The molecule has 1 atom stereocenters. The molecule has 0 fully saturated rings. The van der Waals surface area contributed by atoms with Crippen LogP contribution in [-0.2, 0) is 23.8 Å². The molecule has 0 saturated carbocycles. The number of allylic oxidation sites excluding steroid dienone is 6. The summed E-state index contributed by atoms with van der Waals surface area (Å²) in [6.45, 7) is 7.78. The Morgan fingerprint density at radius 3 is 1.06 bits per heavy atom. The maximum Gasteiger partial charge on any atom is 0.306 e. The molecule has 0 unspecified atom stereocenters. The third kappa shape index (κ3) is 56.7. The van der Waals surface area contributed by atoms with Crippen molar-refractivity contribution in [2.75, 3.05) is 19.8 Å². The summed E-state index contributed by atoms with van der Waals surface area (Å²) in [5.41, 5.74) is 0. The Labute approximate surface area is 425 Å². The quantitative estimate of drug-likeness (QED) is 0.0345. The molecule has 0 aliphatic carbocycles. The van der Waals surface area contributed by atoms with E-state index in [0.29, 0.717) is 19.4 Å². The molecule has 0 aromatic rings. The van der Waals surface area contributed by atoms with E-state index in [9.17, 15) is 9.59 Å². The van der Waals surface area contributed by atoms with Crippen LogP contribution in [0.15, 0.2) is 36.5 Å². The minimum Gasteiger partial charge on any atom is -0.462 e. The molecule has 0 saturated heterocycles. The molecule has 0 aromatic heterocycles. The maximum atomic E-state index is 12.9. The van der Waals surface area contributed by atoms with Crippen LogP contribution >= 0.6 is 0 Å². The first-order valence-electron chi connectivity index (χ1n) is 30.5. The predicted octanol–water partition coefficient (Wildman–Crippen LogP) is 20.9. The van der Waals surface area contributed by atoms with E-state index in [1.165, 1.54) is 231 Å². The molecule has 0 spiro atoms. The molecule has 0 aliphatic heterocycles. The summed E-state index contributed by atoms with van der Waals surface area (Å²) < 4.78 is 17.5. The Hall–Kier alpha value is -1.88. The number of unbranched alkanes of at least 4 members (excludes halogenated alkanes) is 40. The van der Waals surface area contributed by atoms with Crippen molar-refractivity contribution >= 4 is 11.9 Å². The fourth-order valence-electron chi connectivity index (χ4n) is 9.18. The van der Waals surface area contributed by atoms with Gasteiger partial charge in [-0.05, 0) is 51.4 Å². The zero-order valence-electron chi connectivity index (χ0n) is 46.1. The second-order valence-electron chi connectivity index (χ2n) is 20.6. The third-order valence-electron chi connectivity index (χ3n) is 13.7. The van der Waals surface area contributed by atoms with Crippen LogP contribution in [0.1, 0.15) is 329 Å². The van der Waals surface area contributed by atoms with E-state index >= 15 is 0 Å². The molecule has 5 nitrogen and oxygen atoms in total. The van der Waals surface area contributed by atoms with Gasteiger partial charge in [-0.3, -0.25) is 9.59 Å². The molecule has 0 amide bonds. The van der Waals surface area contributed by atoms with Crippen molar-refractivity contribution in [3.05, 3.63) is 36.5 Å². The second-order valence-corrected chi connectivity index (χ2v) is 20.6. The van der Waals surface area contributed by atoms with Gasteiger partial charge in [-0.2, -0.15) is 0 Å². The fourth-order valence-corrected chi connectivity index (χ4v) is 9.18. The smallest absolute Gasteiger partial charge is 0.306 e. The Morgan fingerprint density at radius 2 is 0.662 bits per heavy atom. The van der Waals surface area contributed by atoms with Crippen LogP contribution in [0.25, 0.3) is 0 Å². The van der Waals surface area contributed by atoms with E-state index in [4.69, 9.17) is 14.2 Å². The molecule has 0 aliphatic rings. The number of hydrogen-bond donors (Lipinski definition) is 0. The minimum absolute atomic E-state index is 0.0853. The highest BCUT2D eigenvalue weighted by Crippen LogP contribution is 2.17. The van der Waals surface area contributed by atoms with E-state index in [0.717, 1.165) is 64.2 Å². The van der Waals surface area contributed by atoms with Gasteiger partial charge >= 0.3 is 11.9 Å². The molecule has 0 rings (SSSR count). The van der Waals surface area contributed by atoms with Gasteiger partial charge in [0.2, 0.25) is 0 Å². The predicted molar refractivity (Wildman–Crippen MR) is 298 cm³/mol. The van der Waals surface area contributed by atoms with E-state index in [1.54, 1.807) is 0 Å². The number of ether oxygens (including phenoxy) is 3. The summed E-state index contributed by atoms with van der Waals surface area (Å²) >= 11 is 0. The highest BCUT2D eigenvalue weighted by Gasteiger charge is 2.17. The maximum absolute atomic E-state index is 12.9. The van der Waals surface area contributed by atoms with Gasteiger partial charge < -0.3 is 14.2 Å². The lowest BCUT2D eigenvalue weighted by atomic mass is 10.0. The third-order valence-corrected chi connectivity index (χ3v) is 13.7. The van der Waals surface area contributed by atoms with E-state index in [1.807, 2.05) is 0 Å². The van der Waals surface area contributed by atoms with Gasteiger partial charge in [-0.15, -0.1) is 0 Å². The lowest BCUT2D eigenvalue weighted by molar-refractivity contribution is -0.163. The zero-order chi connectivity index (χ0) is 49.2. The number of esters is 2. The first-order valence-corrected chi connectivity index (χ1v) is 30.5. The fraction of sp³-hybridized carbons (Fsp3) is 0.873. The monoisotopic (exact) mass is 955 g/mol. The average Bonchev–Trinajstić information content (AvgIpc) is 3.34. The standard InChI is InChI=1S/C63H118O5/c1-4-7-10-13-16-19-22-25-28-30-31-32-33-34-36-38-41-44-47-50-53-56-62(64)67-60-61(59-66-58-55-52-49-46-43-40-37-29-26-23-20-17-14-11-8-5-2)68-63(65)57-54-51-48-45-42-39-35-27-24-21-18-15-12-9-6-3/h9,12,18,21,27,35,61H,4-8,10-11,13-17,19-20,22-26,28-34,36-60H2,1-3H3/b12-9-,21-18-,35-27-/t61-/m1/s1. The normalized spacial score (nSPS) is 12.3. The van der Waals surface area contributed by atoms with Crippen LogP contribution in [-0.4, -0.2) is 37.9 Å². The van der Waals surface area contributed by atoms with Gasteiger partial charge in [-0.25, -0.2) is 0 Å². The molecular formula is C63H118O5. The Balaban J connectivity index is 4.20. The molecular weight excluding hydrogens is 837 g/mol. The van der Waals surface area contributed by atoms with Crippen molar-refractivity contribution in [3.63, 3.8) is 0 Å². The molecule has 0 bridgehead atoms. The van der Waals surface area contributed by atoms with Crippen molar-refractivity contribution in [1.29, 1.82) is 0 Å². The summed E-state index contributed by atoms with van der Waals surface area (Å²) in [4.78, 5) is 25.6. The van der Waals surface area contributed by atoms with Crippen LogP contribution in [0.4, 0.5) is 0 Å². The number of hydrogen-bond acceptors (Lipinski definition) is 5. The van der Waals surface area contributed by atoms with Gasteiger partial charge in [0.1, 0.15) is 6.61 Å². The van der Waals surface area contributed by atoms with Crippen molar-refractivity contribution in [1.82, 2.24) is 0 Å². The summed E-state index contributed by atoms with van der Waals surface area (Å²) in [5, 5.41) is 0. The zero-order valence-corrected chi connectivity index (χ0v) is 46.1. The molecule has 0 radical (unpaired) electrons. The topological polar surface area (TPSA) is 61.8 Å². The van der Waals surface area contributed by atoms with Gasteiger partial charge in [0, 0.05) is 19.4 Å². The Bertz CT molecular complexity index is 1080. The molecule has 68 heavy (non-hydrogen) atoms. The largest absolute Gasteiger partial charge is 0.462 e. The SMILES string of the molecule is CC/C=C\C/C=C\C/C=C\CCCCCCCC(=O)O[C@H](COCCCCCCCCCCCCCCCCCC)COC(=O)CCCCCCCCCCCCCCCCCCCCCCC. The molecule has 0 aromatic carbocycles.